The van der Waals surface area contributed by atoms with E-state index >= 15 is 0 Å². The fraction of sp³-hybridized carbons (Fsp3) is 1.00. The highest BCUT2D eigenvalue weighted by atomic mass is 16.5. The molecule has 0 spiro atoms. The van der Waals surface area contributed by atoms with Crippen molar-refractivity contribution in [3.05, 3.63) is 0 Å². The van der Waals surface area contributed by atoms with Crippen molar-refractivity contribution in [1.29, 1.82) is 0 Å². The lowest BCUT2D eigenvalue weighted by atomic mass is 9.64. The van der Waals surface area contributed by atoms with E-state index in [9.17, 15) is 10.2 Å². The Hall–Kier alpha value is -0.160. The number of hydrogen-bond donors (Lipinski definition) is 3. The second kappa shape index (κ2) is 4.37. The first-order chi connectivity index (χ1) is 7.22. The molecule has 0 radical (unpaired) electrons. The van der Waals surface area contributed by atoms with Gasteiger partial charge < -0.3 is 20.3 Å². The van der Waals surface area contributed by atoms with E-state index in [1.165, 1.54) is 0 Å². The minimum atomic E-state index is -0.817. The van der Waals surface area contributed by atoms with E-state index in [1.54, 1.807) is 0 Å². The van der Waals surface area contributed by atoms with E-state index in [-0.39, 0.29) is 12.0 Å². The minimum absolute atomic E-state index is 0.0640. The molecule has 2 saturated heterocycles. The normalized spacial score (nSPS) is 36.4. The summed E-state index contributed by atoms with van der Waals surface area (Å²) in [5.41, 5.74) is -1.17. The zero-order valence-corrected chi connectivity index (χ0v) is 9.17. The van der Waals surface area contributed by atoms with Crippen molar-refractivity contribution in [2.75, 3.05) is 32.9 Å². The van der Waals surface area contributed by atoms with Crippen LogP contribution in [0.2, 0.25) is 0 Å². The highest BCUT2D eigenvalue weighted by Crippen LogP contribution is 2.43. The van der Waals surface area contributed by atoms with E-state index in [0.717, 1.165) is 45.4 Å². The lowest BCUT2D eigenvalue weighted by Gasteiger charge is -2.50. The maximum atomic E-state index is 10.6. The van der Waals surface area contributed by atoms with Crippen molar-refractivity contribution in [3.63, 3.8) is 0 Å². The topological polar surface area (TPSA) is 61.7 Å². The van der Waals surface area contributed by atoms with Crippen LogP contribution >= 0.6 is 0 Å². The molecule has 2 heterocycles. The Morgan fingerprint density at radius 3 is 2.47 bits per heavy atom. The van der Waals surface area contributed by atoms with Gasteiger partial charge in [0.15, 0.2) is 0 Å². The third-order valence-electron chi connectivity index (χ3n) is 4.07. The Labute approximate surface area is 90.6 Å². The molecule has 2 rings (SSSR count). The van der Waals surface area contributed by atoms with Crippen molar-refractivity contribution in [2.24, 2.45) is 5.41 Å². The number of nitrogens with one attached hydrogen (secondary N) is 1. The Kier molecular flexibility index (Phi) is 3.30. The van der Waals surface area contributed by atoms with Gasteiger partial charge in [-0.2, -0.15) is 0 Å². The number of ether oxygens (including phenoxy) is 1. The van der Waals surface area contributed by atoms with Crippen LogP contribution in [0.5, 0.6) is 0 Å². The highest BCUT2D eigenvalue weighted by Gasteiger charge is 2.51. The summed E-state index contributed by atoms with van der Waals surface area (Å²) in [4.78, 5) is 0. The van der Waals surface area contributed by atoms with Crippen LogP contribution in [0.25, 0.3) is 0 Å². The molecular formula is C11H21NO3. The number of rotatable bonds is 2. The summed E-state index contributed by atoms with van der Waals surface area (Å²) in [6, 6.07) is 0. The summed E-state index contributed by atoms with van der Waals surface area (Å²) < 4.78 is 5.38. The van der Waals surface area contributed by atoms with Gasteiger partial charge in [-0.25, -0.2) is 0 Å². The molecular weight excluding hydrogens is 194 g/mol. The van der Waals surface area contributed by atoms with Crippen molar-refractivity contribution in [3.8, 4) is 0 Å². The van der Waals surface area contributed by atoms with Crippen molar-refractivity contribution in [1.82, 2.24) is 5.32 Å². The van der Waals surface area contributed by atoms with Gasteiger partial charge >= 0.3 is 0 Å². The molecule has 0 amide bonds. The van der Waals surface area contributed by atoms with Crippen LogP contribution in [0.4, 0.5) is 0 Å². The van der Waals surface area contributed by atoms with E-state index in [0.29, 0.717) is 6.61 Å². The molecule has 3 N–H and O–H groups in total. The van der Waals surface area contributed by atoms with Gasteiger partial charge in [0.2, 0.25) is 0 Å². The fourth-order valence-electron chi connectivity index (χ4n) is 2.87. The predicted octanol–water partition coefficient (Wildman–Crippen LogP) is -0.110. The molecule has 0 bridgehead atoms. The molecule has 0 aromatic rings. The van der Waals surface area contributed by atoms with Crippen molar-refractivity contribution < 1.29 is 14.9 Å². The smallest absolute Gasteiger partial charge is 0.0959 e. The molecule has 2 aliphatic heterocycles. The monoisotopic (exact) mass is 215 g/mol. The Morgan fingerprint density at radius 1 is 1.20 bits per heavy atom. The maximum Gasteiger partial charge on any atom is 0.0959 e. The average molecular weight is 215 g/mol. The maximum absolute atomic E-state index is 10.6. The van der Waals surface area contributed by atoms with E-state index in [2.05, 4.69) is 5.32 Å². The third-order valence-corrected chi connectivity index (χ3v) is 4.07. The van der Waals surface area contributed by atoms with Crippen LogP contribution in [-0.2, 0) is 4.74 Å². The lowest BCUT2D eigenvalue weighted by molar-refractivity contribution is -0.184. The van der Waals surface area contributed by atoms with Gasteiger partial charge in [0, 0.05) is 12.0 Å². The van der Waals surface area contributed by atoms with Gasteiger partial charge in [0.25, 0.3) is 0 Å². The molecule has 4 nitrogen and oxygen atoms in total. The summed E-state index contributed by atoms with van der Waals surface area (Å²) in [7, 11) is 0. The van der Waals surface area contributed by atoms with Gasteiger partial charge in [-0.1, -0.05) is 0 Å². The molecule has 0 aromatic heterocycles. The standard InChI is InChI=1S/C11H21NO3/c13-8-10(3-5-12-6-4-10)11(14)2-1-7-15-9-11/h12-14H,1-9H2. The quantitative estimate of drug-likeness (QED) is 0.601. The SMILES string of the molecule is OCC1(C2(O)CCCOC2)CCNCC1. The van der Waals surface area contributed by atoms with Gasteiger partial charge in [-0.3, -0.25) is 0 Å². The molecule has 88 valence electrons. The first kappa shape index (κ1) is 11.3. The Bertz CT molecular complexity index is 208. The number of hydrogen-bond acceptors (Lipinski definition) is 4. The first-order valence-electron chi connectivity index (χ1n) is 5.84. The number of aliphatic hydroxyl groups excluding tert-OH is 1. The number of piperidine rings is 1. The van der Waals surface area contributed by atoms with Crippen LogP contribution in [0.1, 0.15) is 25.7 Å². The van der Waals surface area contributed by atoms with Crippen LogP contribution in [0, 0.1) is 5.41 Å². The van der Waals surface area contributed by atoms with E-state index in [4.69, 9.17) is 4.74 Å². The Morgan fingerprint density at radius 2 is 1.93 bits per heavy atom. The molecule has 2 aliphatic rings. The van der Waals surface area contributed by atoms with Gasteiger partial charge in [0.05, 0.1) is 18.8 Å². The summed E-state index contributed by atoms with van der Waals surface area (Å²) in [6.07, 6.45) is 3.33. The fourth-order valence-corrected chi connectivity index (χ4v) is 2.87. The van der Waals surface area contributed by atoms with Crippen molar-refractivity contribution in [2.45, 2.75) is 31.3 Å². The van der Waals surface area contributed by atoms with Crippen LogP contribution < -0.4 is 5.32 Å². The molecule has 15 heavy (non-hydrogen) atoms. The number of aliphatic hydroxyl groups is 2. The summed E-state index contributed by atoms with van der Waals surface area (Å²) in [6.45, 7) is 2.94. The lowest BCUT2D eigenvalue weighted by Crippen LogP contribution is -2.59. The molecule has 0 saturated carbocycles. The summed E-state index contributed by atoms with van der Waals surface area (Å²) in [5.74, 6) is 0. The predicted molar refractivity (Wildman–Crippen MR) is 56.6 cm³/mol. The average Bonchev–Trinajstić information content (AvgIpc) is 2.31. The third kappa shape index (κ3) is 1.91. The molecule has 1 unspecified atom stereocenters. The highest BCUT2D eigenvalue weighted by molar-refractivity contribution is 5.02. The first-order valence-corrected chi connectivity index (χ1v) is 5.84. The largest absolute Gasteiger partial charge is 0.396 e. The van der Waals surface area contributed by atoms with Gasteiger partial charge in [-0.05, 0) is 38.8 Å². The van der Waals surface area contributed by atoms with Crippen LogP contribution in [0.3, 0.4) is 0 Å². The zero-order valence-electron chi connectivity index (χ0n) is 9.17. The second-order valence-electron chi connectivity index (χ2n) is 4.88. The van der Waals surface area contributed by atoms with E-state index in [1.807, 2.05) is 0 Å². The summed E-state index contributed by atoms with van der Waals surface area (Å²) in [5, 5.41) is 23.5. The Balaban J connectivity index is 2.15. The molecule has 0 aliphatic carbocycles. The molecule has 4 heteroatoms. The second-order valence-corrected chi connectivity index (χ2v) is 4.88. The van der Waals surface area contributed by atoms with E-state index < -0.39 is 5.60 Å². The molecule has 0 aromatic carbocycles. The molecule has 1 atom stereocenters. The van der Waals surface area contributed by atoms with Crippen LogP contribution in [-0.4, -0.2) is 48.7 Å². The van der Waals surface area contributed by atoms with Crippen molar-refractivity contribution >= 4 is 0 Å². The molecule has 2 fully saturated rings. The van der Waals surface area contributed by atoms with Crippen LogP contribution in [0.15, 0.2) is 0 Å². The summed E-state index contributed by atoms with van der Waals surface area (Å²) >= 11 is 0. The van der Waals surface area contributed by atoms with Gasteiger partial charge in [0.1, 0.15) is 0 Å². The minimum Gasteiger partial charge on any atom is -0.396 e. The van der Waals surface area contributed by atoms with Gasteiger partial charge in [-0.15, -0.1) is 0 Å². The zero-order chi connectivity index (χ0) is 10.8.